The molecule has 0 aliphatic carbocycles. The Morgan fingerprint density at radius 3 is 2.69 bits per heavy atom. The van der Waals surface area contributed by atoms with E-state index in [1.165, 1.54) is 28.4 Å². The van der Waals surface area contributed by atoms with Gasteiger partial charge in [0.2, 0.25) is 5.88 Å². The van der Waals surface area contributed by atoms with Gasteiger partial charge in [-0.1, -0.05) is 48.8 Å². The average Bonchev–Trinajstić information content (AvgIpc) is 2.84. The minimum Gasteiger partial charge on any atom is -0.481 e. The minimum atomic E-state index is -3.96. The molecule has 14 heteroatoms. The fraction of sp³-hybridized carbons (Fsp3) is 0.476. The molecule has 1 N–H and O–H groups in total. The highest BCUT2D eigenvalue weighted by Gasteiger charge is 2.30. The molecule has 35 heavy (non-hydrogen) atoms. The lowest BCUT2D eigenvalue weighted by molar-refractivity contribution is 0.0883. The molecule has 3 rings (SSSR count). The molecule has 1 aliphatic heterocycles. The SMILES string of the molecule is CCCCOC(=O)N1CCN(S(=O)(=O)Nc2cc(OC)nc(SCc3cccc(Cl)c3F)n2)CC1. The number of ether oxygens (including phenoxy) is 2. The molecular weight excluding hydrogens is 521 g/mol. The van der Waals surface area contributed by atoms with Gasteiger partial charge in [0, 0.05) is 38.0 Å². The van der Waals surface area contributed by atoms with Crippen molar-refractivity contribution in [2.45, 2.75) is 30.7 Å². The predicted octanol–water partition coefficient (Wildman–Crippen LogP) is 3.78. The van der Waals surface area contributed by atoms with E-state index in [1.54, 1.807) is 12.1 Å². The normalized spacial score (nSPS) is 14.6. The van der Waals surface area contributed by atoms with E-state index in [0.29, 0.717) is 12.2 Å². The van der Waals surface area contributed by atoms with Gasteiger partial charge in [0.05, 0.1) is 18.7 Å². The number of hydrogen-bond donors (Lipinski definition) is 1. The van der Waals surface area contributed by atoms with Crippen LogP contribution in [0.15, 0.2) is 29.4 Å². The Kier molecular flexibility index (Phi) is 9.78. The average molecular weight is 548 g/mol. The molecule has 0 radical (unpaired) electrons. The number of piperazine rings is 1. The van der Waals surface area contributed by atoms with Crippen LogP contribution < -0.4 is 9.46 Å². The number of anilines is 1. The van der Waals surface area contributed by atoms with Crippen LogP contribution in [0.4, 0.5) is 15.0 Å². The van der Waals surface area contributed by atoms with E-state index in [4.69, 9.17) is 21.1 Å². The van der Waals surface area contributed by atoms with Gasteiger partial charge >= 0.3 is 16.3 Å². The Bertz CT molecular complexity index is 1130. The third-order valence-electron chi connectivity index (χ3n) is 5.07. The first-order chi connectivity index (χ1) is 16.7. The topological polar surface area (TPSA) is 114 Å². The van der Waals surface area contributed by atoms with E-state index in [0.717, 1.165) is 24.6 Å². The van der Waals surface area contributed by atoms with Crippen molar-refractivity contribution < 1.29 is 27.1 Å². The van der Waals surface area contributed by atoms with Gasteiger partial charge in [-0.25, -0.2) is 14.2 Å². The summed E-state index contributed by atoms with van der Waals surface area (Å²) in [5.74, 6) is -0.195. The molecule has 1 amide bonds. The zero-order chi connectivity index (χ0) is 25.4. The van der Waals surface area contributed by atoms with Crippen molar-refractivity contribution in [1.82, 2.24) is 19.2 Å². The molecule has 0 atom stereocenters. The lowest BCUT2D eigenvalue weighted by Gasteiger charge is -2.33. The number of carbonyl (C=O) groups excluding carboxylic acids is 1. The van der Waals surface area contributed by atoms with Gasteiger partial charge in [-0.15, -0.1) is 0 Å². The number of aromatic nitrogens is 2. The maximum atomic E-state index is 14.2. The summed E-state index contributed by atoms with van der Waals surface area (Å²) in [7, 11) is -2.56. The van der Waals surface area contributed by atoms with Gasteiger partial charge in [-0.3, -0.25) is 4.72 Å². The maximum absolute atomic E-state index is 14.2. The van der Waals surface area contributed by atoms with Crippen molar-refractivity contribution in [3.05, 3.63) is 40.7 Å². The molecule has 0 saturated carbocycles. The fourth-order valence-electron chi connectivity index (χ4n) is 3.13. The summed E-state index contributed by atoms with van der Waals surface area (Å²) in [5.41, 5.74) is 0.363. The fourth-order valence-corrected chi connectivity index (χ4v) is 5.29. The molecule has 2 aromatic rings. The Hall–Kier alpha value is -2.35. The van der Waals surface area contributed by atoms with E-state index in [1.807, 2.05) is 6.92 Å². The molecule has 1 aromatic heterocycles. The van der Waals surface area contributed by atoms with Crippen molar-refractivity contribution in [3.63, 3.8) is 0 Å². The number of amides is 1. The summed E-state index contributed by atoms with van der Waals surface area (Å²) in [6.07, 6.45) is 1.25. The van der Waals surface area contributed by atoms with Crippen LogP contribution >= 0.6 is 23.4 Å². The van der Waals surface area contributed by atoms with Gasteiger partial charge in [0.1, 0.15) is 11.6 Å². The number of nitrogens with zero attached hydrogens (tertiary/aromatic N) is 4. The molecule has 1 aromatic carbocycles. The largest absolute Gasteiger partial charge is 0.481 e. The molecule has 0 unspecified atom stereocenters. The summed E-state index contributed by atoms with van der Waals surface area (Å²) >= 11 is 6.93. The Labute approximate surface area is 213 Å². The number of rotatable bonds is 10. The predicted molar refractivity (Wildman–Crippen MR) is 131 cm³/mol. The molecular formula is C21H27ClFN5O5S2. The highest BCUT2D eigenvalue weighted by Crippen LogP contribution is 2.27. The van der Waals surface area contributed by atoms with Crippen LogP contribution in [0.2, 0.25) is 5.02 Å². The highest BCUT2D eigenvalue weighted by atomic mass is 35.5. The van der Waals surface area contributed by atoms with Gasteiger partial charge < -0.3 is 14.4 Å². The van der Waals surface area contributed by atoms with Crippen molar-refractivity contribution in [3.8, 4) is 5.88 Å². The number of unbranched alkanes of at least 4 members (excludes halogenated alkanes) is 1. The zero-order valence-corrected chi connectivity index (χ0v) is 21.8. The Balaban J connectivity index is 1.63. The van der Waals surface area contributed by atoms with E-state index >= 15 is 0 Å². The van der Waals surface area contributed by atoms with Crippen LogP contribution in [0.5, 0.6) is 5.88 Å². The van der Waals surface area contributed by atoms with Crippen LogP contribution in [0.3, 0.4) is 0 Å². The van der Waals surface area contributed by atoms with Crippen LogP contribution in [-0.4, -0.2) is 73.6 Å². The second-order valence-electron chi connectivity index (χ2n) is 7.54. The summed E-state index contributed by atoms with van der Waals surface area (Å²) in [6, 6.07) is 6.04. The molecule has 1 fully saturated rings. The standard InChI is InChI=1S/C21H27ClFN5O5S2/c1-3-4-12-33-21(29)27-8-10-28(11-9-27)35(30,31)26-17-13-18(32-2)25-20(24-17)34-14-15-6-5-7-16(22)19(15)23/h5-7,13H,3-4,8-12,14H2,1-2H3,(H,24,25,26). The number of nitrogens with one attached hydrogen (secondary N) is 1. The number of hydrogen-bond acceptors (Lipinski definition) is 8. The van der Waals surface area contributed by atoms with Crippen LogP contribution in [0, 0.1) is 5.82 Å². The zero-order valence-electron chi connectivity index (χ0n) is 19.4. The molecule has 10 nitrogen and oxygen atoms in total. The molecule has 0 bridgehead atoms. The summed E-state index contributed by atoms with van der Waals surface area (Å²) < 4.78 is 54.0. The first kappa shape index (κ1) is 27.2. The monoisotopic (exact) mass is 547 g/mol. The van der Waals surface area contributed by atoms with Crippen molar-refractivity contribution in [2.24, 2.45) is 0 Å². The molecule has 2 heterocycles. The lowest BCUT2D eigenvalue weighted by atomic mass is 10.2. The second kappa shape index (κ2) is 12.6. The molecule has 192 valence electrons. The second-order valence-corrected chi connectivity index (χ2v) is 10.6. The first-order valence-corrected chi connectivity index (χ1v) is 13.7. The summed E-state index contributed by atoms with van der Waals surface area (Å²) in [6.45, 7) is 2.98. The third kappa shape index (κ3) is 7.56. The highest BCUT2D eigenvalue weighted by molar-refractivity contribution is 7.98. The number of carbonyl (C=O) groups is 1. The smallest absolute Gasteiger partial charge is 0.409 e. The van der Waals surface area contributed by atoms with Crippen molar-refractivity contribution in [2.75, 3.05) is 44.6 Å². The summed E-state index contributed by atoms with van der Waals surface area (Å²) in [5, 5.41) is 0.207. The number of halogens is 2. The van der Waals surface area contributed by atoms with Gasteiger partial charge in [0.25, 0.3) is 0 Å². The van der Waals surface area contributed by atoms with E-state index < -0.39 is 22.1 Å². The quantitative estimate of drug-likeness (QED) is 0.271. The summed E-state index contributed by atoms with van der Waals surface area (Å²) in [4.78, 5) is 22.0. The van der Waals surface area contributed by atoms with Crippen molar-refractivity contribution in [1.29, 1.82) is 0 Å². The van der Waals surface area contributed by atoms with E-state index in [-0.39, 0.29) is 53.8 Å². The minimum absolute atomic E-state index is 0.00678. The Morgan fingerprint density at radius 1 is 1.26 bits per heavy atom. The molecule has 1 aliphatic rings. The third-order valence-corrected chi connectivity index (χ3v) is 7.77. The van der Waals surface area contributed by atoms with Crippen LogP contribution in [0.25, 0.3) is 0 Å². The molecule has 1 saturated heterocycles. The van der Waals surface area contributed by atoms with Gasteiger partial charge in [0.15, 0.2) is 5.16 Å². The van der Waals surface area contributed by atoms with E-state index in [9.17, 15) is 17.6 Å². The van der Waals surface area contributed by atoms with Crippen LogP contribution in [-0.2, 0) is 20.7 Å². The number of thioether (sulfide) groups is 1. The van der Waals surface area contributed by atoms with Crippen LogP contribution in [0.1, 0.15) is 25.3 Å². The van der Waals surface area contributed by atoms with Crippen molar-refractivity contribution >= 4 is 45.5 Å². The Morgan fingerprint density at radius 2 is 2.00 bits per heavy atom. The van der Waals surface area contributed by atoms with E-state index in [2.05, 4.69) is 14.7 Å². The molecule has 0 spiro atoms. The first-order valence-electron chi connectivity index (χ1n) is 10.9. The maximum Gasteiger partial charge on any atom is 0.409 e. The van der Waals surface area contributed by atoms with Gasteiger partial charge in [-0.2, -0.15) is 17.7 Å². The number of methoxy groups -OCH3 is 1. The number of benzene rings is 1. The van der Waals surface area contributed by atoms with Gasteiger partial charge in [-0.05, 0) is 18.1 Å². The lowest BCUT2D eigenvalue weighted by Crippen LogP contribution is -2.52.